The maximum Gasteiger partial charge on any atom is 0.254 e. The van der Waals surface area contributed by atoms with Crippen LogP contribution in [0, 0.1) is 0 Å². The highest BCUT2D eigenvalue weighted by atomic mass is 32.2. The van der Waals surface area contributed by atoms with Gasteiger partial charge < -0.3 is 19.1 Å². The Balaban J connectivity index is 1.65. The third-order valence-electron chi connectivity index (χ3n) is 5.55. The van der Waals surface area contributed by atoms with E-state index in [0.717, 1.165) is 0 Å². The third kappa shape index (κ3) is 4.39. The third-order valence-corrected chi connectivity index (χ3v) is 7.51. The maximum absolute atomic E-state index is 13.4. The summed E-state index contributed by atoms with van der Waals surface area (Å²) < 4.78 is 44.6. The fourth-order valence-electron chi connectivity index (χ4n) is 3.76. The van der Waals surface area contributed by atoms with Crippen LogP contribution in [0.1, 0.15) is 22.8 Å². The number of morpholine rings is 1. The van der Waals surface area contributed by atoms with E-state index >= 15 is 0 Å². The van der Waals surface area contributed by atoms with Crippen molar-refractivity contribution in [3.05, 3.63) is 53.6 Å². The van der Waals surface area contributed by atoms with Crippen molar-refractivity contribution in [1.82, 2.24) is 9.21 Å². The molecule has 0 unspecified atom stereocenters. The Bertz CT molecular complexity index is 1070. The smallest absolute Gasteiger partial charge is 0.254 e. The Kier molecular flexibility index (Phi) is 6.17. The summed E-state index contributed by atoms with van der Waals surface area (Å²) in [5, 5.41) is 0. The van der Waals surface area contributed by atoms with Gasteiger partial charge >= 0.3 is 0 Å². The number of benzene rings is 2. The molecule has 0 N–H and O–H groups in total. The number of rotatable bonds is 4. The van der Waals surface area contributed by atoms with Crippen molar-refractivity contribution in [2.24, 2.45) is 0 Å². The number of fused-ring (bicyclic) bond motifs is 1. The molecule has 2 heterocycles. The summed E-state index contributed by atoms with van der Waals surface area (Å²) in [5.41, 5.74) is 1.17. The molecule has 31 heavy (non-hydrogen) atoms. The largest absolute Gasteiger partial charge is 0.497 e. The van der Waals surface area contributed by atoms with Gasteiger partial charge in [-0.05, 0) is 37.3 Å². The number of hydrogen-bond donors (Lipinski definition) is 0. The molecule has 2 aliphatic rings. The number of methoxy groups -OCH3 is 1. The van der Waals surface area contributed by atoms with Crippen LogP contribution >= 0.6 is 0 Å². The van der Waals surface area contributed by atoms with Gasteiger partial charge in [0.15, 0.2) is 0 Å². The van der Waals surface area contributed by atoms with Crippen LogP contribution in [0.2, 0.25) is 0 Å². The summed E-state index contributed by atoms with van der Waals surface area (Å²) >= 11 is 0. The lowest BCUT2D eigenvalue weighted by atomic mass is 10.1. The molecule has 0 aromatic heterocycles. The molecule has 0 saturated carbocycles. The topological polar surface area (TPSA) is 85.4 Å². The van der Waals surface area contributed by atoms with Gasteiger partial charge in [0.05, 0.1) is 31.3 Å². The molecule has 1 fully saturated rings. The summed E-state index contributed by atoms with van der Waals surface area (Å²) in [6.07, 6.45) is 0. The van der Waals surface area contributed by atoms with Crippen LogP contribution in [-0.2, 0) is 21.3 Å². The molecular weight excluding hydrogens is 420 g/mol. The zero-order valence-electron chi connectivity index (χ0n) is 17.6. The monoisotopic (exact) mass is 446 g/mol. The van der Waals surface area contributed by atoms with E-state index < -0.39 is 10.0 Å². The molecule has 2 aliphatic heterocycles. The van der Waals surface area contributed by atoms with E-state index in [0.29, 0.717) is 48.9 Å². The molecule has 8 nitrogen and oxygen atoms in total. The van der Waals surface area contributed by atoms with Gasteiger partial charge in [0.1, 0.15) is 18.1 Å². The van der Waals surface area contributed by atoms with E-state index in [1.807, 2.05) is 6.92 Å². The molecular formula is C22H26N2O6S. The molecule has 9 heteroatoms. The SMILES string of the molecule is COc1cccc(S(=O)(=O)N2Cc3cc(C(=O)N4CCOCC4)ccc3OC[C@@H]2C)c1. The lowest BCUT2D eigenvalue weighted by molar-refractivity contribution is 0.0303. The van der Waals surface area contributed by atoms with Gasteiger partial charge in [0.25, 0.3) is 5.91 Å². The average Bonchev–Trinajstić information content (AvgIpc) is 2.98. The number of sulfonamides is 1. The number of carbonyl (C=O) groups is 1. The van der Waals surface area contributed by atoms with Gasteiger partial charge in [0.2, 0.25) is 10.0 Å². The Labute approximate surface area is 182 Å². The van der Waals surface area contributed by atoms with Crippen molar-refractivity contribution in [2.75, 3.05) is 40.0 Å². The summed E-state index contributed by atoms with van der Waals surface area (Å²) in [6.45, 7) is 4.25. The van der Waals surface area contributed by atoms with Crippen molar-refractivity contribution in [3.63, 3.8) is 0 Å². The minimum absolute atomic E-state index is 0.0920. The van der Waals surface area contributed by atoms with Crippen LogP contribution in [0.15, 0.2) is 47.4 Å². The molecule has 0 radical (unpaired) electrons. The standard InChI is InChI=1S/C22H26N2O6S/c1-16-15-30-21-7-6-17(22(25)23-8-10-29-11-9-23)12-18(21)14-24(16)31(26,27)20-5-3-4-19(13-20)28-2/h3-7,12-13,16H,8-11,14-15H2,1-2H3/t16-/m0/s1. The predicted molar refractivity (Wildman–Crippen MR) is 114 cm³/mol. The van der Waals surface area contributed by atoms with Crippen molar-refractivity contribution < 1.29 is 27.4 Å². The average molecular weight is 447 g/mol. The van der Waals surface area contributed by atoms with Crippen LogP contribution in [0.25, 0.3) is 0 Å². The van der Waals surface area contributed by atoms with Gasteiger partial charge in [-0.2, -0.15) is 4.31 Å². The van der Waals surface area contributed by atoms with Crippen LogP contribution in [-0.4, -0.2) is 69.6 Å². The first-order chi connectivity index (χ1) is 14.9. The van der Waals surface area contributed by atoms with E-state index in [4.69, 9.17) is 14.2 Å². The van der Waals surface area contributed by atoms with Crippen molar-refractivity contribution in [2.45, 2.75) is 24.4 Å². The summed E-state index contributed by atoms with van der Waals surface area (Å²) in [7, 11) is -2.30. The molecule has 1 saturated heterocycles. The molecule has 166 valence electrons. The highest BCUT2D eigenvalue weighted by Crippen LogP contribution is 2.31. The molecule has 1 amide bonds. The summed E-state index contributed by atoms with van der Waals surface area (Å²) in [5.74, 6) is 0.970. The zero-order chi connectivity index (χ0) is 22.0. The Morgan fingerprint density at radius 2 is 1.90 bits per heavy atom. The Morgan fingerprint density at radius 1 is 1.13 bits per heavy atom. The lowest BCUT2D eigenvalue weighted by Crippen LogP contribution is -2.41. The van der Waals surface area contributed by atoms with E-state index in [2.05, 4.69) is 0 Å². The molecule has 0 bridgehead atoms. The van der Waals surface area contributed by atoms with Crippen molar-refractivity contribution >= 4 is 15.9 Å². The first-order valence-corrected chi connectivity index (χ1v) is 11.6. The molecule has 4 rings (SSSR count). The predicted octanol–water partition coefficient (Wildman–Crippen LogP) is 2.14. The molecule has 2 aromatic carbocycles. The van der Waals surface area contributed by atoms with Gasteiger partial charge in [0, 0.05) is 36.8 Å². The maximum atomic E-state index is 13.4. The van der Waals surface area contributed by atoms with Gasteiger partial charge in [-0.15, -0.1) is 0 Å². The van der Waals surface area contributed by atoms with Crippen LogP contribution in [0.4, 0.5) is 0 Å². The van der Waals surface area contributed by atoms with Crippen LogP contribution < -0.4 is 9.47 Å². The van der Waals surface area contributed by atoms with Crippen molar-refractivity contribution in [1.29, 1.82) is 0 Å². The molecule has 1 atom stereocenters. The minimum atomic E-state index is -3.80. The van der Waals surface area contributed by atoms with Gasteiger partial charge in [-0.3, -0.25) is 4.79 Å². The second-order valence-corrected chi connectivity index (χ2v) is 9.51. The molecule has 0 aliphatic carbocycles. The van der Waals surface area contributed by atoms with E-state index in [1.165, 1.54) is 17.5 Å². The van der Waals surface area contributed by atoms with E-state index in [9.17, 15) is 13.2 Å². The Hall–Kier alpha value is -2.62. The van der Waals surface area contributed by atoms with E-state index in [-0.39, 0.29) is 30.0 Å². The fraction of sp³-hybridized carbons (Fsp3) is 0.409. The van der Waals surface area contributed by atoms with Gasteiger partial charge in [-0.1, -0.05) is 6.07 Å². The number of hydrogen-bond acceptors (Lipinski definition) is 6. The second-order valence-electron chi connectivity index (χ2n) is 7.62. The first-order valence-electron chi connectivity index (χ1n) is 10.2. The first kappa shape index (κ1) is 21.6. The number of nitrogens with zero attached hydrogens (tertiary/aromatic N) is 2. The fourth-order valence-corrected chi connectivity index (χ4v) is 5.39. The van der Waals surface area contributed by atoms with E-state index in [1.54, 1.807) is 41.3 Å². The van der Waals surface area contributed by atoms with Crippen LogP contribution in [0.5, 0.6) is 11.5 Å². The molecule has 2 aromatic rings. The van der Waals surface area contributed by atoms with Crippen LogP contribution in [0.3, 0.4) is 0 Å². The number of ether oxygens (including phenoxy) is 3. The number of carbonyl (C=O) groups excluding carboxylic acids is 1. The summed E-state index contributed by atoms with van der Waals surface area (Å²) in [4.78, 5) is 14.8. The summed E-state index contributed by atoms with van der Waals surface area (Å²) in [6, 6.07) is 11.2. The normalized spacial score (nSPS) is 19.8. The van der Waals surface area contributed by atoms with Crippen molar-refractivity contribution in [3.8, 4) is 11.5 Å². The highest BCUT2D eigenvalue weighted by Gasteiger charge is 2.33. The lowest BCUT2D eigenvalue weighted by Gasteiger charge is -2.27. The highest BCUT2D eigenvalue weighted by molar-refractivity contribution is 7.89. The quantitative estimate of drug-likeness (QED) is 0.715. The zero-order valence-corrected chi connectivity index (χ0v) is 18.4. The minimum Gasteiger partial charge on any atom is -0.497 e. The Morgan fingerprint density at radius 3 is 2.65 bits per heavy atom. The number of amides is 1. The molecule has 0 spiro atoms. The second kappa shape index (κ2) is 8.86. The van der Waals surface area contributed by atoms with Gasteiger partial charge in [-0.25, -0.2) is 8.42 Å².